The van der Waals surface area contributed by atoms with E-state index in [9.17, 15) is 9.59 Å². The summed E-state index contributed by atoms with van der Waals surface area (Å²) >= 11 is 1.24. The molecule has 1 heterocycles. The zero-order valence-corrected chi connectivity index (χ0v) is 18.7. The average Bonchev–Trinajstić information content (AvgIpc) is 2.83. The SMILES string of the molecule is CCc1ccccc1-n1c(SCC(=O)Nc2ccc(OC)cc2)nc2ccccc2c1=O. The van der Waals surface area contributed by atoms with Crippen LogP contribution in [0.4, 0.5) is 5.69 Å². The molecule has 0 saturated carbocycles. The van der Waals surface area contributed by atoms with Gasteiger partial charge in [-0.15, -0.1) is 0 Å². The summed E-state index contributed by atoms with van der Waals surface area (Å²) in [4.78, 5) is 30.7. The van der Waals surface area contributed by atoms with Crippen molar-refractivity contribution in [2.75, 3.05) is 18.2 Å². The standard InChI is InChI=1S/C25H23N3O3S/c1-3-17-8-4-7-11-22(17)28-24(30)20-9-5-6-10-21(20)27-25(28)32-16-23(29)26-18-12-14-19(31-2)15-13-18/h4-15H,3,16H2,1-2H3,(H,26,29). The fourth-order valence-electron chi connectivity index (χ4n) is 3.45. The van der Waals surface area contributed by atoms with E-state index in [2.05, 4.69) is 5.32 Å². The fourth-order valence-corrected chi connectivity index (χ4v) is 4.26. The predicted octanol–water partition coefficient (Wildman–Crippen LogP) is 4.69. The number of amides is 1. The quantitative estimate of drug-likeness (QED) is 0.330. The minimum Gasteiger partial charge on any atom is -0.497 e. The van der Waals surface area contributed by atoms with Crippen LogP contribution in [0.3, 0.4) is 0 Å². The highest BCUT2D eigenvalue weighted by Gasteiger charge is 2.16. The molecule has 3 aromatic carbocycles. The molecule has 7 heteroatoms. The van der Waals surface area contributed by atoms with Crippen LogP contribution in [-0.4, -0.2) is 28.3 Å². The Morgan fingerprint density at radius 3 is 2.50 bits per heavy atom. The lowest BCUT2D eigenvalue weighted by molar-refractivity contribution is -0.113. The van der Waals surface area contributed by atoms with E-state index < -0.39 is 0 Å². The molecular weight excluding hydrogens is 422 g/mol. The van der Waals surface area contributed by atoms with Crippen molar-refractivity contribution in [2.45, 2.75) is 18.5 Å². The molecule has 0 bridgehead atoms. The highest BCUT2D eigenvalue weighted by atomic mass is 32.2. The number of benzene rings is 3. The number of anilines is 1. The van der Waals surface area contributed by atoms with Crippen LogP contribution >= 0.6 is 11.8 Å². The van der Waals surface area contributed by atoms with Crippen LogP contribution in [0, 0.1) is 0 Å². The van der Waals surface area contributed by atoms with Crippen molar-refractivity contribution in [3.8, 4) is 11.4 Å². The van der Waals surface area contributed by atoms with Crippen LogP contribution in [0.1, 0.15) is 12.5 Å². The third-order valence-corrected chi connectivity index (χ3v) is 6.00. The Hall–Kier alpha value is -3.58. The van der Waals surface area contributed by atoms with Gasteiger partial charge in [0.25, 0.3) is 5.56 Å². The maximum Gasteiger partial charge on any atom is 0.266 e. The van der Waals surface area contributed by atoms with Crippen molar-refractivity contribution in [1.82, 2.24) is 9.55 Å². The smallest absolute Gasteiger partial charge is 0.266 e. The molecule has 4 aromatic rings. The van der Waals surface area contributed by atoms with Gasteiger partial charge in [-0.25, -0.2) is 4.98 Å². The normalized spacial score (nSPS) is 10.8. The van der Waals surface area contributed by atoms with E-state index in [1.165, 1.54) is 11.8 Å². The Kier molecular flexibility index (Phi) is 6.56. The summed E-state index contributed by atoms with van der Waals surface area (Å²) in [5, 5.41) is 3.90. The number of para-hydroxylation sites is 2. The van der Waals surface area contributed by atoms with Crippen molar-refractivity contribution in [3.63, 3.8) is 0 Å². The van der Waals surface area contributed by atoms with E-state index >= 15 is 0 Å². The minimum absolute atomic E-state index is 0.116. The minimum atomic E-state index is -0.182. The summed E-state index contributed by atoms with van der Waals surface area (Å²) in [5.74, 6) is 0.653. The molecule has 0 aliphatic carbocycles. The number of hydrogen-bond donors (Lipinski definition) is 1. The first kappa shape index (κ1) is 21.6. The molecule has 6 nitrogen and oxygen atoms in total. The molecule has 0 aliphatic heterocycles. The maximum absolute atomic E-state index is 13.4. The third-order valence-electron chi connectivity index (χ3n) is 5.06. The van der Waals surface area contributed by atoms with Gasteiger partial charge in [-0.3, -0.25) is 14.2 Å². The molecule has 162 valence electrons. The predicted molar refractivity (Wildman–Crippen MR) is 129 cm³/mol. The Bertz CT molecular complexity index is 1320. The molecule has 0 saturated heterocycles. The highest BCUT2D eigenvalue weighted by molar-refractivity contribution is 7.99. The molecule has 0 spiro atoms. The molecule has 0 aliphatic rings. The van der Waals surface area contributed by atoms with Crippen LogP contribution < -0.4 is 15.6 Å². The zero-order chi connectivity index (χ0) is 22.5. The Balaban J connectivity index is 1.66. The summed E-state index contributed by atoms with van der Waals surface area (Å²) < 4.78 is 6.76. The molecular formula is C25H23N3O3S. The number of carbonyl (C=O) groups excluding carboxylic acids is 1. The number of aryl methyl sites for hydroxylation is 1. The Morgan fingerprint density at radius 2 is 1.75 bits per heavy atom. The number of ether oxygens (including phenoxy) is 1. The summed E-state index contributed by atoms with van der Waals surface area (Å²) in [6.07, 6.45) is 0.775. The van der Waals surface area contributed by atoms with Crippen LogP contribution in [0.2, 0.25) is 0 Å². The van der Waals surface area contributed by atoms with E-state index in [-0.39, 0.29) is 17.2 Å². The average molecular weight is 446 g/mol. The number of rotatable bonds is 7. The molecule has 1 aromatic heterocycles. The van der Waals surface area contributed by atoms with Crippen LogP contribution in [0.25, 0.3) is 16.6 Å². The molecule has 0 fully saturated rings. The van der Waals surface area contributed by atoms with Gasteiger partial charge in [0.1, 0.15) is 5.75 Å². The van der Waals surface area contributed by atoms with Gasteiger partial charge in [0.15, 0.2) is 5.16 Å². The molecule has 0 unspecified atom stereocenters. The van der Waals surface area contributed by atoms with Crippen LogP contribution in [0.15, 0.2) is 82.7 Å². The maximum atomic E-state index is 13.4. The third kappa shape index (κ3) is 4.53. The topological polar surface area (TPSA) is 73.2 Å². The molecule has 1 N–H and O–H groups in total. The van der Waals surface area contributed by atoms with Crippen molar-refractivity contribution < 1.29 is 9.53 Å². The fraction of sp³-hybridized carbons (Fsp3) is 0.160. The van der Waals surface area contributed by atoms with Crippen molar-refractivity contribution in [2.24, 2.45) is 0 Å². The molecule has 0 radical (unpaired) electrons. The van der Waals surface area contributed by atoms with Gasteiger partial charge in [0, 0.05) is 5.69 Å². The second-order valence-electron chi connectivity index (χ2n) is 7.10. The second-order valence-corrected chi connectivity index (χ2v) is 8.04. The number of carbonyl (C=O) groups is 1. The first-order valence-electron chi connectivity index (χ1n) is 10.3. The number of nitrogens with one attached hydrogen (secondary N) is 1. The van der Waals surface area contributed by atoms with Gasteiger partial charge >= 0.3 is 0 Å². The first-order chi connectivity index (χ1) is 15.6. The zero-order valence-electron chi connectivity index (χ0n) is 17.9. The summed E-state index contributed by atoms with van der Waals surface area (Å²) in [7, 11) is 1.59. The number of thioether (sulfide) groups is 1. The molecule has 1 amide bonds. The summed E-state index contributed by atoms with van der Waals surface area (Å²) in [6, 6.07) is 22.2. The number of aromatic nitrogens is 2. The highest BCUT2D eigenvalue weighted by Crippen LogP contribution is 2.24. The number of methoxy groups -OCH3 is 1. The largest absolute Gasteiger partial charge is 0.497 e. The van der Waals surface area contributed by atoms with Crippen LogP contribution in [0.5, 0.6) is 5.75 Å². The Morgan fingerprint density at radius 1 is 1.03 bits per heavy atom. The second kappa shape index (κ2) is 9.70. The number of fused-ring (bicyclic) bond motifs is 1. The lowest BCUT2D eigenvalue weighted by Crippen LogP contribution is -2.23. The van der Waals surface area contributed by atoms with E-state index in [1.807, 2.05) is 49.4 Å². The van der Waals surface area contributed by atoms with Crippen molar-refractivity contribution >= 4 is 34.3 Å². The van der Waals surface area contributed by atoms with Crippen molar-refractivity contribution in [3.05, 3.63) is 88.7 Å². The summed E-state index contributed by atoms with van der Waals surface area (Å²) in [5.41, 5.74) is 2.97. The number of nitrogens with zero attached hydrogens (tertiary/aromatic N) is 2. The summed E-state index contributed by atoms with van der Waals surface area (Å²) in [6.45, 7) is 2.05. The van der Waals surface area contributed by atoms with E-state index in [0.717, 1.165) is 23.4 Å². The monoisotopic (exact) mass is 445 g/mol. The van der Waals surface area contributed by atoms with E-state index in [1.54, 1.807) is 42.0 Å². The van der Waals surface area contributed by atoms with Gasteiger partial charge in [-0.05, 0) is 54.4 Å². The van der Waals surface area contributed by atoms with Gasteiger partial charge in [0.05, 0.1) is 29.5 Å². The van der Waals surface area contributed by atoms with E-state index in [4.69, 9.17) is 9.72 Å². The van der Waals surface area contributed by atoms with Gasteiger partial charge < -0.3 is 10.1 Å². The van der Waals surface area contributed by atoms with E-state index in [0.29, 0.717) is 21.7 Å². The van der Waals surface area contributed by atoms with Gasteiger partial charge in [-0.2, -0.15) is 0 Å². The lowest BCUT2D eigenvalue weighted by Gasteiger charge is -2.16. The Labute approximate surface area is 190 Å². The molecule has 4 rings (SSSR count). The van der Waals surface area contributed by atoms with Gasteiger partial charge in [-0.1, -0.05) is 49.0 Å². The molecule has 32 heavy (non-hydrogen) atoms. The first-order valence-corrected chi connectivity index (χ1v) is 11.3. The van der Waals surface area contributed by atoms with Crippen LogP contribution in [-0.2, 0) is 11.2 Å². The lowest BCUT2D eigenvalue weighted by atomic mass is 10.1. The molecule has 0 atom stereocenters. The van der Waals surface area contributed by atoms with Crippen molar-refractivity contribution in [1.29, 1.82) is 0 Å². The number of hydrogen-bond acceptors (Lipinski definition) is 5. The van der Waals surface area contributed by atoms with Gasteiger partial charge in [0.2, 0.25) is 5.91 Å².